The molecule has 0 N–H and O–H groups in total. The Morgan fingerprint density at radius 3 is 1.22 bits per heavy atom. The number of pyridine rings is 1. The molecular weight excluding hydrogens is 218 g/mol. The Morgan fingerprint density at radius 1 is 0.667 bits per heavy atom. The Morgan fingerprint density at radius 2 is 1.06 bits per heavy atom. The van der Waals surface area contributed by atoms with Crippen LogP contribution in [0.3, 0.4) is 0 Å². The highest BCUT2D eigenvalue weighted by atomic mass is 14.6. The van der Waals surface area contributed by atoms with Crippen LogP contribution in [0.5, 0.6) is 0 Å². The Labute approximate surface area is 114 Å². The third-order valence-electron chi connectivity index (χ3n) is 1.51. The summed E-state index contributed by atoms with van der Waals surface area (Å²) in [6, 6.07) is 16.0. The maximum absolute atomic E-state index is 3.78. The van der Waals surface area contributed by atoms with Crippen molar-refractivity contribution in [1.29, 1.82) is 0 Å². The monoisotopic (exact) mass is 247 g/mol. The molecule has 2 aromatic rings. The predicted molar refractivity (Wildman–Crippen MR) is 84.8 cm³/mol. The standard InChI is InChI=1S/C7H8.C5H5N.2C2H6.CH4/c1-7-5-3-2-4-6-7;1-2-4-6-5-3-1;2*1-2;/h2-6H,1H3;1-5H;2*1-2H3;1H4. The molecule has 0 unspecified atom stereocenters. The molecule has 1 aromatic carbocycles. The molecule has 0 radical (unpaired) electrons. The van der Waals surface area contributed by atoms with E-state index in [0.29, 0.717) is 0 Å². The maximum atomic E-state index is 3.78. The maximum Gasteiger partial charge on any atom is 0.0267 e. The minimum atomic E-state index is 0. The van der Waals surface area contributed by atoms with Crippen molar-refractivity contribution in [3.63, 3.8) is 0 Å². The zero-order valence-corrected chi connectivity index (χ0v) is 11.7. The topological polar surface area (TPSA) is 12.9 Å². The lowest BCUT2D eigenvalue weighted by atomic mass is 10.2. The fourth-order valence-corrected chi connectivity index (χ4v) is 0.847. The van der Waals surface area contributed by atoms with Gasteiger partial charge < -0.3 is 0 Å². The van der Waals surface area contributed by atoms with Crippen molar-refractivity contribution < 1.29 is 0 Å². The zero-order valence-electron chi connectivity index (χ0n) is 11.7. The average Bonchev–Trinajstić information content (AvgIpc) is 2.47. The molecule has 0 atom stereocenters. The highest BCUT2D eigenvalue weighted by Gasteiger charge is 1.72. The molecule has 102 valence electrons. The Kier molecular flexibility index (Phi) is 24.9. The predicted octanol–water partition coefficient (Wildman–Crippen LogP) is 5.77. The van der Waals surface area contributed by atoms with Crippen LogP contribution in [0.1, 0.15) is 40.7 Å². The number of rotatable bonds is 0. The van der Waals surface area contributed by atoms with Crippen LogP contribution in [-0.2, 0) is 0 Å². The largest absolute Gasteiger partial charge is 0.265 e. The summed E-state index contributed by atoms with van der Waals surface area (Å²) in [5.41, 5.74) is 1.32. The lowest BCUT2D eigenvalue weighted by Gasteiger charge is -1.82. The minimum Gasteiger partial charge on any atom is -0.265 e. The molecule has 0 spiro atoms. The van der Waals surface area contributed by atoms with Gasteiger partial charge in [0.15, 0.2) is 0 Å². The highest BCUT2D eigenvalue weighted by molar-refractivity contribution is 5.11. The summed E-state index contributed by atoms with van der Waals surface area (Å²) in [5.74, 6) is 0. The summed E-state index contributed by atoms with van der Waals surface area (Å²) >= 11 is 0. The molecule has 0 fully saturated rings. The van der Waals surface area contributed by atoms with E-state index in [1.165, 1.54) is 5.56 Å². The van der Waals surface area contributed by atoms with Gasteiger partial charge in [0.25, 0.3) is 0 Å². The van der Waals surface area contributed by atoms with Gasteiger partial charge in [-0.2, -0.15) is 0 Å². The minimum absolute atomic E-state index is 0. The summed E-state index contributed by atoms with van der Waals surface area (Å²) < 4.78 is 0. The van der Waals surface area contributed by atoms with Gasteiger partial charge in [0.1, 0.15) is 0 Å². The summed E-state index contributed by atoms with van der Waals surface area (Å²) in [6.45, 7) is 10.1. The molecule has 18 heavy (non-hydrogen) atoms. The van der Waals surface area contributed by atoms with Crippen LogP contribution in [-0.4, -0.2) is 4.98 Å². The summed E-state index contributed by atoms with van der Waals surface area (Å²) in [5, 5.41) is 0. The number of nitrogens with zero attached hydrogens (tertiary/aromatic N) is 1. The molecule has 0 saturated heterocycles. The van der Waals surface area contributed by atoms with Crippen LogP contribution >= 0.6 is 0 Å². The quantitative estimate of drug-likeness (QED) is 0.576. The van der Waals surface area contributed by atoms with E-state index < -0.39 is 0 Å². The van der Waals surface area contributed by atoms with Crippen molar-refractivity contribution in [2.24, 2.45) is 0 Å². The molecule has 1 aromatic heterocycles. The van der Waals surface area contributed by atoms with Crippen molar-refractivity contribution in [3.8, 4) is 0 Å². The van der Waals surface area contributed by atoms with Crippen molar-refractivity contribution in [3.05, 3.63) is 66.5 Å². The molecule has 0 aliphatic rings. The van der Waals surface area contributed by atoms with Crippen LogP contribution < -0.4 is 0 Å². The van der Waals surface area contributed by atoms with Gasteiger partial charge >= 0.3 is 0 Å². The summed E-state index contributed by atoms with van der Waals surface area (Å²) in [6.07, 6.45) is 3.50. The SMILES string of the molecule is C.CC.CC.Cc1ccccc1.c1ccncc1. The number of aryl methyl sites for hydroxylation is 1. The van der Waals surface area contributed by atoms with E-state index in [1.54, 1.807) is 12.4 Å². The van der Waals surface area contributed by atoms with Gasteiger partial charge in [-0.25, -0.2) is 0 Å². The second-order valence-corrected chi connectivity index (χ2v) is 2.68. The van der Waals surface area contributed by atoms with Crippen LogP contribution in [0.2, 0.25) is 0 Å². The number of hydrogen-bond acceptors (Lipinski definition) is 1. The normalized spacial score (nSPS) is 6.72. The number of hydrogen-bond donors (Lipinski definition) is 0. The van der Waals surface area contributed by atoms with Gasteiger partial charge in [-0.15, -0.1) is 0 Å². The lowest BCUT2D eigenvalue weighted by molar-refractivity contribution is 1.33. The van der Waals surface area contributed by atoms with Crippen LogP contribution in [0, 0.1) is 6.92 Å². The molecule has 0 amide bonds. The van der Waals surface area contributed by atoms with E-state index in [2.05, 4.69) is 24.0 Å². The van der Waals surface area contributed by atoms with Crippen molar-refractivity contribution in [2.45, 2.75) is 42.0 Å². The Balaban J connectivity index is -0.000000189. The summed E-state index contributed by atoms with van der Waals surface area (Å²) in [4.78, 5) is 3.78. The van der Waals surface area contributed by atoms with Crippen LogP contribution in [0.4, 0.5) is 0 Å². The smallest absolute Gasteiger partial charge is 0.0267 e. The first kappa shape index (κ1) is 21.6. The molecule has 1 heterocycles. The fourth-order valence-electron chi connectivity index (χ4n) is 0.847. The van der Waals surface area contributed by atoms with Crippen LogP contribution in [0.15, 0.2) is 60.9 Å². The van der Waals surface area contributed by atoms with Gasteiger partial charge in [-0.1, -0.05) is 77.1 Å². The third-order valence-corrected chi connectivity index (χ3v) is 1.51. The van der Waals surface area contributed by atoms with Gasteiger partial charge in [0, 0.05) is 12.4 Å². The first-order valence-electron chi connectivity index (χ1n) is 6.26. The van der Waals surface area contributed by atoms with Crippen molar-refractivity contribution in [1.82, 2.24) is 4.98 Å². The van der Waals surface area contributed by atoms with Gasteiger partial charge in [0.05, 0.1) is 0 Å². The number of aromatic nitrogens is 1. The molecule has 1 heteroatoms. The second kappa shape index (κ2) is 20.7. The van der Waals surface area contributed by atoms with Crippen molar-refractivity contribution >= 4 is 0 Å². The molecule has 0 aliphatic carbocycles. The first-order chi connectivity index (χ1) is 8.39. The molecule has 0 bridgehead atoms. The fraction of sp³-hybridized carbons (Fsp3) is 0.353. The molecular formula is C17H29N. The number of benzene rings is 1. The molecule has 1 nitrogen and oxygen atoms in total. The first-order valence-corrected chi connectivity index (χ1v) is 6.26. The highest BCUT2D eigenvalue weighted by Crippen LogP contribution is 1.92. The van der Waals surface area contributed by atoms with E-state index in [-0.39, 0.29) is 7.43 Å². The Hall–Kier alpha value is -1.63. The Bertz CT molecular complexity index is 276. The second-order valence-electron chi connectivity index (χ2n) is 2.68. The van der Waals surface area contributed by atoms with E-state index in [0.717, 1.165) is 0 Å². The van der Waals surface area contributed by atoms with E-state index in [1.807, 2.05) is 64.1 Å². The lowest BCUT2D eigenvalue weighted by Crippen LogP contribution is -1.62. The van der Waals surface area contributed by atoms with Gasteiger partial charge in [-0.05, 0) is 19.1 Å². The molecule has 2 rings (SSSR count). The van der Waals surface area contributed by atoms with Crippen molar-refractivity contribution in [2.75, 3.05) is 0 Å². The molecule has 0 aliphatic heterocycles. The van der Waals surface area contributed by atoms with Gasteiger partial charge in [0.2, 0.25) is 0 Å². The van der Waals surface area contributed by atoms with E-state index in [4.69, 9.17) is 0 Å². The molecule has 0 saturated carbocycles. The third kappa shape index (κ3) is 16.8. The van der Waals surface area contributed by atoms with Gasteiger partial charge in [-0.3, -0.25) is 4.98 Å². The van der Waals surface area contributed by atoms with Crippen LogP contribution in [0.25, 0.3) is 0 Å². The zero-order chi connectivity index (χ0) is 13.4. The summed E-state index contributed by atoms with van der Waals surface area (Å²) in [7, 11) is 0. The van der Waals surface area contributed by atoms with E-state index >= 15 is 0 Å². The van der Waals surface area contributed by atoms with E-state index in [9.17, 15) is 0 Å². The average molecular weight is 247 g/mol.